The fourth-order valence-electron chi connectivity index (χ4n) is 2.62. The second-order valence-corrected chi connectivity index (χ2v) is 4.71. The third kappa shape index (κ3) is 2.60. The molecule has 0 bridgehead atoms. The van der Waals surface area contributed by atoms with Crippen molar-refractivity contribution in [1.29, 1.82) is 0 Å². The van der Waals surface area contributed by atoms with E-state index in [1.54, 1.807) is 0 Å². The first kappa shape index (κ1) is 11.6. The van der Waals surface area contributed by atoms with Crippen LogP contribution in [0.5, 0.6) is 0 Å². The molecule has 0 aromatic carbocycles. The van der Waals surface area contributed by atoms with Gasteiger partial charge >= 0.3 is 0 Å². The Morgan fingerprint density at radius 3 is 2.44 bits per heavy atom. The Morgan fingerprint density at radius 2 is 1.88 bits per heavy atom. The minimum absolute atomic E-state index is 0.181. The van der Waals surface area contributed by atoms with E-state index in [-0.39, 0.29) is 6.04 Å². The largest absolute Gasteiger partial charge is 0.324 e. The van der Waals surface area contributed by atoms with E-state index in [0.717, 1.165) is 0 Å². The molecule has 1 aromatic heterocycles. The third-order valence-corrected chi connectivity index (χ3v) is 3.78. The van der Waals surface area contributed by atoms with Gasteiger partial charge in [-0.2, -0.15) is 0 Å². The maximum atomic E-state index is 6.31. The minimum Gasteiger partial charge on any atom is -0.324 e. The smallest absolute Gasteiger partial charge is 0.0324 e. The van der Waals surface area contributed by atoms with Gasteiger partial charge in [-0.3, -0.25) is 4.98 Å². The average molecular weight is 219 g/mol. The van der Waals surface area contributed by atoms with E-state index in [1.807, 2.05) is 31.6 Å². The molecule has 16 heavy (non-hydrogen) atoms. The van der Waals surface area contributed by atoms with Crippen LogP contribution in [0.4, 0.5) is 0 Å². The molecule has 1 heterocycles. The summed E-state index contributed by atoms with van der Waals surface area (Å²) in [6.45, 7) is 0. The maximum absolute atomic E-state index is 6.31. The number of rotatable bonds is 3. The van der Waals surface area contributed by atoms with Gasteiger partial charge in [0.1, 0.15) is 0 Å². The normalized spacial score (nSPS) is 27.6. The van der Waals surface area contributed by atoms with Crippen molar-refractivity contribution in [3.05, 3.63) is 30.1 Å². The fourth-order valence-corrected chi connectivity index (χ4v) is 2.62. The lowest BCUT2D eigenvalue weighted by Crippen LogP contribution is -2.33. The van der Waals surface area contributed by atoms with Crippen LogP contribution in [-0.4, -0.2) is 18.1 Å². The van der Waals surface area contributed by atoms with Crippen LogP contribution in [0.1, 0.15) is 37.3 Å². The van der Waals surface area contributed by atoms with Gasteiger partial charge in [0.25, 0.3) is 0 Å². The van der Waals surface area contributed by atoms with Gasteiger partial charge in [0.15, 0.2) is 0 Å². The Balaban J connectivity index is 1.94. The minimum atomic E-state index is 0.181. The number of nitrogens with two attached hydrogens (primary N) is 1. The van der Waals surface area contributed by atoms with Crippen molar-refractivity contribution in [2.45, 2.75) is 37.8 Å². The van der Waals surface area contributed by atoms with Crippen molar-refractivity contribution in [3.8, 4) is 0 Å². The summed E-state index contributed by atoms with van der Waals surface area (Å²) in [5.74, 6) is 0.631. The third-order valence-electron chi connectivity index (χ3n) is 3.78. The first-order chi connectivity index (χ1) is 7.81. The van der Waals surface area contributed by atoms with Crippen molar-refractivity contribution >= 4 is 0 Å². The summed E-state index contributed by atoms with van der Waals surface area (Å²) in [6, 6.07) is 4.95. The first-order valence-corrected chi connectivity index (χ1v) is 6.14. The van der Waals surface area contributed by atoms with E-state index in [4.69, 9.17) is 5.73 Å². The molecule has 1 aliphatic rings. The van der Waals surface area contributed by atoms with Crippen LogP contribution in [0.2, 0.25) is 0 Å². The molecule has 3 heteroatoms. The first-order valence-electron chi connectivity index (χ1n) is 6.14. The number of hydrogen-bond acceptors (Lipinski definition) is 3. The van der Waals surface area contributed by atoms with Gasteiger partial charge in [-0.25, -0.2) is 0 Å². The number of pyridine rings is 1. The zero-order chi connectivity index (χ0) is 11.4. The Kier molecular flexibility index (Phi) is 3.91. The van der Waals surface area contributed by atoms with E-state index < -0.39 is 0 Å². The van der Waals surface area contributed by atoms with Crippen LogP contribution in [-0.2, 0) is 0 Å². The SMILES string of the molecule is CNC1CCC(C(N)c2ccncc2)CC1. The Morgan fingerprint density at radius 1 is 1.25 bits per heavy atom. The molecule has 1 saturated carbocycles. The second-order valence-electron chi connectivity index (χ2n) is 4.71. The van der Waals surface area contributed by atoms with Crippen molar-refractivity contribution in [1.82, 2.24) is 10.3 Å². The zero-order valence-corrected chi connectivity index (χ0v) is 9.89. The molecule has 3 nitrogen and oxygen atoms in total. The summed E-state index contributed by atoms with van der Waals surface area (Å²) in [4.78, 5) is 4.03. The van der Waals surface area contributed by atoms with Gasteiger partial charge in [0, 0.05) is 24.5 Å². The number of nitrogens with zero attached hydrogens (tertiary/aromatic N) is 1. The second kappa shape index (κ2) is 5.41. The number of hydrogen-bond donors (Lipinski definition) is 2. The number of aromatic nitrogens is 1. The van der Waals surface area contributed by atoms with Gasteiger partial charge in [-0.15, -0.1) is 0 Å². The van der Waals surface area contributed by atoms with Gasteiger partial charge < -0.3 is 11.1 Å². The van der Waals surface area contributed by atoms with Crippen molar-refractivity contribution in [2.24, 2.45) is 11.7 Å². The van der Waals surface area contributed by atoms with Crippen LogP contribution >= 0.6 is 0 Å². The molecule has 88 valence electrons. The Hall–Kier alpha value is -0.930. The zero-order valence-electron chi connectivity index (χ0n) is 9.89. The van der Waals surface area contributed by atoms with Crippen LogP contribution in [0.25, 0.3) is 0 Å². The molecule has 1 fully saturated rings. The molecule has 0 radical (unpaired) electrons. The predicted molar refractivity (Wildman–Crippen MR) is 66.0 cm³/mol. The molecule has 0 amide bonds. The molecule has 0 aliphatic heterocycles. The van der Waals surface area contributed by atoms with Crippen LogP contribution in [0.3, 0.4) is 0 Å². The highest BCUT2D eigenvalue weighted by Crippen LogP contribution is 2.32. The molecule has 0 spiro atoms. The van der Waals surface area contributed by atoms with Crippen molar-refractivity contribution in [2.75, 3.05) is 7.05 Å². The summed E-state index contributed by atoms with van der Waals surface area (Å²) >= 11 is 0. The topological polar surface area (TPSA) is 50.9 Å². The monoisotopic (exact) mass is 219 g/mol. The van der Waals surface area contributed by atoms with E-state index in [2.05, 4.69) is 10.3 Å². The van der Waals surface area contributed by atoms with Crippen LogP contribution in [0.15, 0.2) is 24.5 Å². The molecule has 2 rings (SSSR count). The van der Waals surface area contributed by atoms with E-state index >= 15 is 0 Å². The molecule has 1 atom stereocenters. The van der Waals surface area contributed by atoms with Crippen molar-refractivity contribution in [3.63, 3.8) is 0 Å². The lowest BCUT2D eigenvalue weighted by Gasteiger charge is -2.32. The summed E-state index contributed by atoms with van der Waals surface area (Å²) in [6.07, 6.45) is 8.62. The van der Waals surface area contributed by atoms with E-state index in [1.165, 1.54) is 31.2 Å². The van der Waals surface area contributed by atoms with Crippen LogP contribution in [0, 0.1) is 5.92 Å². The number of nitrogens with one attached hydrogen (secondary N) is 1. The van der Waals surface area contributed by atoms with Crippen LogP contribution < -0.4 is 11.1 Å². The van der Waals surface area contributed by atoms with Gasteiger partial charge in [-0.1, -0.05) is 0 Å². The highest BCUT2D eigenvalue weighted by atomic mass is 14.9. The molecule has 0 saturated heterocycles. The summed E-state index contributed by atoms with van der Waals surface area (Å²) in [5, 5.41) is 3.35. The quantitative estimate of drug-likeness (QED) is 0.816. The molecular formula is C13H21N3. The van der Waals surface area contributed by atoms with Gasteiger partial charge in [0.2, 0.25) is 0 Å². The van der Waals surface area contributed by atoms with Gasteiger partial charge in [0.05, 0.1) is 0 Å². The predicted octanol–water partition coefficient (Wildman–Crippen LogP) is 1.86. The molecule has 3 N–H and O–H groups in total. The lowest BCUT2D eigenvalue weighted by molar-refractivity contribution is 0.266. The Bertz CT molecular complexity index is 304. The maximum Gasteiger partial charge on any atom is 0.0324 e. The summed E-state index contributed by atoms with van der Waals surface area (Å²) < 4.78 is 0. The van der Waals surface area contributed by atoms with Gasteiger partial charge in [-0.05, 0) is 56.3 Å². The lowest BCUT2D eigenvalue weighted by atomic mass is 9.80. The fraction of sp³-hybridized carbons (Fsp3) is 0.615. The molecular weight excluding hydrogens is 198 g/mol. The highest BCUT2D eigenvalue weighted by Gasteiger charge is 2.25. The van der Waals surface area contributed by atoms with Crippen molar-refractivity contribution < 1.29 is 0 Å². The standard InChI is InChI=1S/C13H21N3/c1-15-12-4-2-10(3-5-12)13(14)11-6-8-16-9-7-11/h6-10,12-13,15H,2-5,14H2,1H3. The molecule has 1 aromatic rings. The summed E-state index contributed by atoms with van der Waals surface area (Å²) in [5.41, 5.74) is 7.53. The van der Waals surface area contributed by atoms with E-state index in [0.29, 0.717) is 12.0 Å². The Labute approximate surface area is 97.5 Å². The average Bonchev–Trinajstić information content (AvgIpc) is 2.39. The highest BCUT2D eigenvalue weighted by molar-refractivity contribution is 5.15. The summed E-state index contributed by atoms with van der Waals surface area (Å²) in [7, 11) is 2.05. The molecule has 1 unspecified atom stereocenters. The molecule has 1 aliphatic carbocycles. The van der Waals surface area contributed by atoms with E-state index in [9.17, 15) is 0 Å².